The van der Waals surface area contributed by atoms with E-state index in [-0.39, 0.29) is 6.42 Å². The molecule has 110 valence electrons. The summed E-state index contributed by atoms with van der Waals surface area (Å²) in [6.07, 6.45) is 3.52. The lowest BCUT2D eigenvalue weighted by molar-refractivity contribution is -0.144. The number of carboxylic acids is 1. The van der Waals surface area contributed by atoms with Gasteiger partial charge in [0, 0.05) is 6.42 Å². The molecular weight excluding hydrogens is 274 g/mol. The van der Waals surface area contributed by atoms with Crippen molar-refractivity contribution in [2.75, 3.05) is 0 Å². The van der Waals surface area contributed by atoms with E-state index in [0.29, 0.717) is 11.5 Å². The molecule has 3 atom stereocenters. The number of benzene rings is 1. The zero-order valence-corrected chi connectivity index (χ0v) is 11.4. The second-order valence-electron chi connectivity index (χ2n) is 4.62. The molecule has 0 aliphatic carbocycles. The van der Waals surface area contributed by atoms with E-state index in [9.17, 15) is 9.59 Å². The zero-order valence-electron chi connectivity index (χ0n) is 11.4. The molecule has 6 heteroatoms. The van der Waals surface area contributed by atoms with Crippen molar-refractivity contribution in [3.63, 3.8) is 0 Å². The summed E-state index contributed by atoms with van der Waals surface area (Å²) in [5.74, 6) is 1.45. The highest BCUT2D eigenvalue weighted by Gasteiger charge is 2.35. The maximum absolute atomic E-state index is 12.2. The first-order valence-corrected chi connectivity index (χ1v) is 6.42. The first kappa shape index (κ1) is 14.7. The van der Waals surface area contributed by atoms with Gasteiger partial charge in [-0.25, -0.2) is 4.79 Å². The van der Waals surface area contributed by atoms with Gasteiger partial charge in [-0.3, -0.25) is 4.79 Å². The molecular formula is C15H15NO5. The van der Waals surface area contributed by atoms with Gasteiger partial charge in [-0.2, -0.15) is 0 Å². The van der Waals surface area contributed by atoms with Gasteiger partial charge in [-0.1, -0.05) is 12.1 Å². The maximum Gasteiger partial charge on any atom is 0.327 e. The Kier molecular flexibility index (Phi) is 4.33. The molecule has 6 nitrogen and oxygen atoms in total. The number of ether oxygens (including phenoxy) is 2. The number of hydrogen-bond donors (Lipinski definition) is 2. The molecule has 0 saturated heterocycles. The lowest BCUT2D eigenvalue weighted by atomic mass is 10.1. The predicted octanol–water partition coefficient (Wildman–Crippen LogP) is 0.808. The highest BCUT2D eigenvalue weighted by Crippen LogP contribution is 2.33. The van der Waals surface area contributed by atoms with Crippen LogP contribution in [0.25, 0.3) is 0 Å². The van der Waals surface area contributed by atoms with Crippen molar-refractivity contribution in [3.8, 4) is 23.8 Å². The summed E-state index contributed by atoms with van der Waals surface area (Å²) in [5, 5.41) is 11.4. The van der Waals surface area contributed by atoms with Crippen molar-refractivity contribution in [1.29, 1.82) is 0 Å². The van der Waals surface area contributed by atoms with Gasteiger partial charge < -0.3 is 19.9 Å². The van der Waals surface area contributed by atoms with Gasteiger partial charge in [0.15, 0.2) is 11.5 Å². The number of terminal acetylenes is 1. The Morgan fingerprint density at radius 3 is 2.57 bits per heavy atom. The summed E-state index contributed by atoms with van der Waals surface area (Å²) < 4.78 is 11.2. The zero-order chi connectivity index (χ0) is 15.4. The SMILES string of the molecule is C#CCC(NC(=O)C1Oc2ccccc2OC1C)C(=O)O. The number of rotatable bonds is 4. The first-order chi connectivity index (χ1) is 10.0. The number of carboxylic acid groups (broad SMARTS) is 1. The molecule has 0 fully saturated rings. The Balaban J connectivity index is 2.10. The van der Waals surface area contributed by atoms with Crippen LogP contribution in [0.5, 0.6) is 11.5 Å². The molecule has 21 heavy (non-hydrogen) atoms. The number of aliphatic carboxylic acids is 1. The van der Waals surface area contributed by atoms with Gasteiger partial charge in [0.2, 0.25) is 6.10 Å². The van der Waals surface area contributed by atoms with Crippen molar-refractivity contribution in [2.45, 2.75) is 31.6 Å². The van der Waals surface area contributed by atoms with Crippen LogP contribution >= 0.6 is 0 Å². The molecule has 0 radical (unpaired) electrons. The third kappa shape index (κ3) is 3.26. The van der Waals surface area contributed by atoms with Gasteiger partial charge in [0.25, 0.3) is 5.91 Å². The smallest absolute Gasteiger partial charge is 0.327 e. The fraction of sp³-hybridized carbons (Fsp3) is 0.333. The molecule has 1 amide bonds. The van der Waals surface area contributed by atoms with Gasteiger partial charge in [-0.15, -0.1) is 12.3 Å². The van der Waals surface area contributed by atoms with Crippen LogP contribution in [0.4, 0.5) is 0 Å². The van der Waals surface area contributed by atoms with Crippen LogP contribution in [-0.4, -0.2) is 35.2 Å². The van der Waals surface area contributed by atoms with E-state index in [1.807, 2.05) is 0 Å². The monoisotopic (exact) mass is 289 g/mol. The Labute approximate surface area is 122 Å². The number of hydrogen-bond acceptors (Lipinski definition) is 4. The topological polar surface area (TPSA) is 84.9 Å². The summed E-state index contributed by atoms with van der Waals surface area (Å²) in [5.41, 5.74) is 0. The molecule has 1 aliphatic heterocycles. The third-order valence-electron chi connectivity index (χ3n) is 3.04. The van der Waals surface area contributed by atoms with Gasteiger partial charge in [0.05, 0.1) is 0 Å². The van der Waals surface area contributed by atoms with Gasteiger partial charge in [-0.05, 0) is 19.1 Å². The van der Waals surface area contributed by atoms with Crippen molar-refractivity contribution < 1.29 is 24.2 Å². The number of para-hydroxylation sites is 2. The lowest BCUT2D eigenvalue weighted by Crippen LogP contribution is -2.53. The molecule has 0 spiro atoms. The number of amides is 1. The van der Waals surface area contributed by atoms with Crippen LogP contribution in [0, 0.1) is 12.3 Å². The molecule has 0 aromatic heterocycles. The van der Waals surface area contributed by atoms with Gasteiger partial charge in [0.1, 0.15) is 12.1 Å². The molecule has 1 heterocycles. The van der Waals surface area contributed by atoms with Crippen LogP contribution in [0.15, 0.2) is 24.3 Å². The third-order valence-corrected chi connectivity index (χ3v) is 3.04. The van der Waals surface area contributed by atoms with Crippen molar-refractivity contribution in [2.24, 2.45) is 0 Å². The average Bonchev–Trinajstić information content (AvgIpc) is 2.45. The van der Waals surface area contributed by atoms with E-state index in [4.69, 9.17) is 21.0 Å². The van der Waals surface area contributed by atoms with Crippen LogP contribution in [0.1, 0.15) is 13.3 Å². The standard InChI is InChI=1S/C15H15NO5/c1-3-6-10(15(18)19)16-14(17)13-9(2)20-11-7-4-5-8-12(11)21-13/h1,4-5,7-10,13H,6H2,2H3,(H,16,17)(H,18,19). The second-order valence-corrected chi connectivity index (χ2v) is 4.62. The largest absolute Gasteiger partial charge is 0.482 e. The van der Waals surface area contributed by atoms with Crippen LogP contribution in [-0.2, 0) is 9.59 Å². The highest BCUT2D eigenvalue weighted by molar-refractivity contribution is 5.87. The molecule has 1 aromatic rings. The van der Waals surface area contributed by atoms with E-state index in [2.05, 4.69) is 11.2 Å². The van der Waals surface area contributed by atoms with Gasteiger partial charge >= 0.3 is 5.97 Å². The molecule has 0 saturated carbocycles. The van der Waals surface area contributed by atoms with Crippen molar-refractivity contribution in [1.82, 2.24) is 5.32 Å². The van der Waals surface area contributed by atoms with Crippen LogP contribution < -0.4 is 14.8 Å². The minimum Gasteiger partial charge on any atom is -0.482 e. The van der Waals surface area contributed by atoms with Crippen molar-refractivity contribution in [3.05, 3.63) is 24.3 Å². The molecule has 2 rings (SSSR count). The van der Waals surface area contributed by atoms with Crippen molar-refractivity contribution >= 4 is 11.9 Å². The Morgan fingerprint density at radius 1 is 1.38 bits per heavy atom. The molecule has 1 aliphatic rings. The number of carbonyl (C=O) groups excluding carboxylic acids is 1. The Hall–Kier alpha value is -2.68. The Bertz CT molecular complexity index is 592. The van der Waals surface area contributed by atoms with E-state index in [0.717, 1.165) is 0 Å². The fourth-order valence-electron chi connectivity index (χ4n) is 1.98. The molecule has 2 N–H and O–H groups in total. The molecule has 3 unspecified atom stereocenters. The van der Waals surface area contributed by atoms with Crippen LogP contribution in [0.2, 0.25) is 0 Å². The lowest BCUT2D eigenvalue weighted by Gasteiger charge is -2.31. The Morgan fingerprint density at radius 2 is 2.00 bits per heavy atom. The summed E-state index contributed by atoms with van der Waals surface area (Å²) >= 11 is 0. The predicted molar refractivity (Wildman–Crippen MR) is 74.0 cm³/mol. The summed E-state index contributed by atoms with van der Waals surface area (Å²) in [4.78, 5) is 23.2. The fourth-order valence-corrected chi connectivity index (χ4v) is 1.98. The van der Waals surface area contributed by atoms with E-state index in [1.54, 1.807) is 31.2 Å². The van der Waals surface area contributed by atoms with E-state index in [1.165, 1.54) is 0 Å². The first-order valence-electron chi connectivity index (χ1n) is 6.42. The minimum absolute atomic E-state index is 0.0976. The average molecular weight is 289 g/mol. The maximum atomic E-state index is 12.2. The van der Waals surface area contributed by atoms with E-state index < -0.39 is 30.1 Å². The minimum atomic E-state index is -1.19. The quantitative estimate of drug-likeness (QED) is 0.801. The number of carbonyl (C=O) groups is 2. The number of fused-ring (bicyclic) bond motifs is 1. The summed E-state index contributed by atoms with van der Waals surface area (Å²) in [7, 11) is 0. The second kappa shape index (κ2) is 6.18. The molecule has 0 bridgehead atoms. The molecule has 1 aromatic carbocycles. The summed E-state index contributed by atoms with van der Waals surface area (Å²) in [6.45, 7) is 1.68. The highest BCUT2D eigenvalue weighted by atomic mass is 16.6. The van der Waals surface area contributed by atoms with Crippen LogP contribution in [0.3, 0.4) is 0 Å². The number of nitrogens with one attached hydrogen (secondary N) is 1. The summed E-state index contributed by atoms with van der Waals surface area (Å²) in [6, 6.07) is 5.82. The van der Waals surface area contributed by atoms with E-state index >= 15 is 0 Å². The normalized spacial score (nSPS) is 21.0.